The molecule has 1 aromatic carbocycles. The summed E-state index contributed by atoms with van der Waals surface area (Å²) in [7, 11) is 0. The van der Waals surface area contributed by atoms with E-state index in [0.717, 1.165) is 6.07 Å². The SMILES string of the molecule is Cl.Cl.Oc1cccc([C@H](N2CCNCC2)C(F)(F)F)c1O. The van der Waals surface area contributed by atoms with Crippen molar-refractivity contribution in [1.29, 1.82) is 0 Å². The van der Waals surface area contributed by atoms with Gasteiger partial charge in [-0.25, -0.2) is 0 Å². The zero-order chi connectivity index (χ0) is 14.0. The predicted molar refractivity (Wildman–Crippen MR) is 77.5 cm³/mol. The normalized spacial score (nSPS) is 17.5. The van der Waals surface area contributed by atoms with E-state index in [2.05, 4.69) is 5.32 Å². The van der Waals surface area contributed by atoms with Crippen molar-refractivity contribution in [3.63, 3.8) is 0 Å². The molecule has 2 rings (SSSR count). The van der Waals surface area contributed by atoms with E-state index in [9.17, 15) is 23.4 Å². The predicted octanol–water partition coefficient (Wildman–Crippen LogP) is 2.45. The molecule has 9 heteroatoms. The number of benzene rings is 1. The summed E-state index contributed by atoms with van der Waals surface area (Å²) in [5.74, 6) is -1.25. The Hall–Kier alpha value is -0.890. The molecule has 0 unspecified atom stereocenters. The number of nitrogens with one attached hydrogen (secondary N) is 1. The van der Waals surface area contributed by atoms with Gasteiger partial charge in [0.15, 0.2) is 11.5 Å². The molecular formula is C12H17Cl2F3N2O2. The lowest BCUT2D eigenvalue weighted by Crippen LogP contribution is -2.49. The maximum absolute atomic E-state index is 13.2. The zero-order valence-corrected chi connectivity index (χ0v) is 12.6. The molecule has 3 N–H and O–H groups in total. The first kappa shape index (κ1) is 20.1. The quantitative estimate of drug-likeness (QED) is 0.718. The molecule has 0 spiro atoms. The second-order valence-electron chi connectivity index (χ2n) is 4.45. The molecule has 1 aromatic rings. The summed E-state index contributed by atoms with van der Waals surface area (Å²) in [4.78, 5) is 1.25. The standard InChI is InChI=1S/C12H15F3N2O2.2ClH/c13-12(14,15)11(17-6-4-16-5-7-17)8-2-1-3-9(18)10(8)19;;/h1-3,11,16,18-19H,4-7H2;2*1H/t11-;;/m0../s1. The van der Waals surface area contributed by atoms with Gasteiger partial charge in [0.1, 0.15) is 6.04 Å². The number of nitrogens with zero attached hydrogens (tertiary/aromatic N) is 1. The summed E-state index contributed by atoms with van der Waals surface area (Å²) in [5, 5.41) is 22.0. The van der Waals surface area contributed by atoms with Crippen molar-refractivity contribution >= 4 is 24.8 Å². The molecule has 122 valence electrons. The fraction of sp³-hybridized carbons (Fsp3) is 0.500. The summed E-state index contributed by atoms with van der Waals surface area (Å²) in [6, 6.07) is 1.74. The molecule has 21 heavy (non-hydrogen) atoms. The lowest BCUT2D eigenvalue weighted by Gasteiger charge is -2.36. The van der Waals surface area contributed by atoms with E-state index in [1.165, 1.54) is 17.0 Å². The molecule has 1 aliphatic rings. The smallest absolute Gasteiger partial charge is 0.408 e. The van der Waals surface area contributed by atoms with Crippen molar-refractivity contribution in [1.82, 2.24) is 10.2 Å². The summed E-state index contributed by atoms with van der Waals surface area (Å²) in [6.45, 7) is 1.40. The van der Waals surface area contributed by atoms with Crippen molar-refractivity contribution in [2.24, 2.45) is 0 Å². The van der Waals surface area contributed by atoms with Crippen molar-refractivity contribution in [3.8, 4) is 11.5 Å². The second-order valence-corrected chi connectivity index (χ2v) is 4.45. The fourth-order valence-corrected chi connectivity index (χ4v) is 2.29. The lowest BCUT2D eigenvalue weighted by molar-refractivity contribution is -0.188. The van der Waals surface area contributed by atoms with Gasteiger partial charge in [0.05, 0.1) is 0 Å². The number of piperazine rings is 1. The minimum absolute atomic E-state index is 0. The van der Waals surface area contributed by atoms with Gasteiger partial charge in [-0.15, -0.1) is 24.8 Å². The number of aromatic hydroxyl groups is 2. The summed E-state index contributed by atoms with van der Waals surface area (Å²) in [5.41, 5.74) is -0.311. The van der Waals surface area contributed by atoms with Crippen LogP contribution in [0.2, 0.25) is 0 Å². The molecule has 1 saturated heterocycles. The molecule has 0 saturated carbocycles. The Morgan fingerprint density at radius 1 is 1.10 bits per heavy atom. The number of halogens is 5. The molecule has 0 radical (unpaired) electrons. The lowest BCUT2D eigenvalue weighted by atomic mass is 10.0. The monoisotopic (exact) mass is 348 g/mol. The van der Waals surface area contributed by atoms with Gasteiger partial charge >= 0.3 is 6.18 Å². The minimum Gasteiger partial charge on any atom is -0.504 e. The van der Waals surface area contributed by atoms with Crippen LogP contribution in [0, 0.1) is 0 Å². The van der Waals surface area contributed by atoms with E-state index in [1.807, 2.05) is 0 Å². The van der Waals surface area contributed by atoms with Gasteiger partial charge in [0.25, 0.3) is 0 Å². The van der Waals surface area contributed by atoms with Gasteiger partial charge < -0.3 is 15.5 Å². The Morgan fingerprint density at radius 3 is 2.19 bits per heavy atom. The van der Waals surface area contributed by atoms with Gasteiger partial charge in [-0.05, 0) is 6.07 Å². The van der Waals surface area contributed by atoms with Gasteiger partial charge in [-0.1, -0.05) is 12.1 Å². The van der Waals surface area contributed by atoms with Crippen LogP contribution >= 0.6 is 24.8 Å². The highest BCUT2D eigenvalue weighted by Gasteiger charge is 2.46. The highest BCUT2D eigenvalue weighted by Crippen LogP contribution is 2.43. The van der Waals surface area contributed by atoms with Crippen molar-refractivity contribution in [3.05, 3.63) is 23.8 Å². The molecule has 0 amide bonds. The maximum Gasteiger partial charge on any atom is 0.408 e. The first-order valence-electron chi connectivity index (χ1n) is 5.93. The van der Waals surface area contributed by atoms with Crippen LogP contribution in [-0.2, 0) is 0 Å². The first-order chi connectivity index (χ1) is 8.91. The molecule has 0 aliphatic carbocycles. The van der Waals surface area contributed by atoms with E-state index in [4.69, 9.17) is 0 Å². The number of alkyl halides is 3. The van der Waals surface area contributed by atoms with E-state index < -0.39 is 23.7 Å². The van der Waals surface area contributed by atoms with Crippen molar-refractivity contribution < 1.29 is 23.4 Å². The third-order valence-corrected chi connectivity index (χ3v) is 3.17. The Labute approximate surface area is 132 Å². The van der Waals surface area contributed by atoms with Crippen molar-refractivity contribution in [2.75, 3.05) is 26.2 Å². The van der Waals surface area contributed by atoms with Gasteiger partial charge in [0.2, 0.25) is 0 Å². The van der Waals surface area contributed by atoms with Crippen LogP contribution in [-0.4, -0.2) is 47.5 Å². The third-order valence-electron chi connectivity index (χ3n) is 3.17. The largest absolute Gasteiger partial charge is 0.504 e. The summed E-state index contributed by atoms with van der Waals surface area (Å²) in [6.07, 6.45) is -4.51. The summed E-state index contributed by atoms with van der Waals surface area (Å²) < 4.78 is 39.7. The number of phenolic OH excluding ortho intramolecular Hbond substituents is 2. The van der Waals surface area contributed by atoms with Gasteiger partial charge in [0, 0.05) is 31.7 Å². The van der Waals surface area contributed by atoms with Crippen LogP contribution in [0.4, 0.5) is 13.2 Å². The molecular weight excluding hydrogens is 332 g/mol. The van der Waals surface area contributed by atoms with E-state index in [0.29, 0.717) is 13.1 Å². The molecule has 1 atom stereocenters. The van der Waals surface area contributed by atoms with Crippen LogP contribution < -0.4 is 5.32 Å². The summed E-state index contributed by atoms with van der Waals surface area (Å²) >= 11 is 0. The molecule has 1 aliphatic heterocycles. The van der Waals surface area contributed by atoms with Crippen LogP contribution in [0.25, 0.3) is 0 Å². The number of phenols is 2. The number of para-hydroxylation sites is 1. The van der Waals surface area contributed by atoms with E-state index in [1.54, 1.807) is 0 Å². The Bertz CT molecular complexity index is 455. The van der Waals surface area contributed by atoms with E-state index >= 15 is 0 Å². The van der Waals surface area contributed by atoms with Gasteiger partial charge in [-0.2, -0.15) is 13.2 Å². The van der Waals surface area contributed by atoms with Gasteiger partial charge in [-0.3, -0.25) is 4.90 Å². The highest BCUT2D eigenvalue weighted by molar-refractivity contribution is 5.85. The van der Waals surface area contributed by atoms with Crippen LogP contribution in [0.5, 0.6) is 11.5 Å². The molecule has 1 heterocycles. The second kappa shape index (κ2) is 7.93. The Morgan fingerprint density at radius 2 is 1.67 bits per heavy atom. The molecule has 4 nitrogen and oxygen atoms in total. The van der Waals surface area contributed by atoms with Crippen LogP contribution in [0.1, 0.15) is 11.6 Å². The minimum atomic E-state index is -4.51. The zero-order valence-electron chi connectivity index (χ0n) is 10.9. The topological polar surface area (TPSA) is 55.7 Å². The highest BCUT2D eigenvalue weighted by atomic mass is 35.5. The van der Waals surface area contributed by atoms with E-state index in [-0.39, 0.29) is 43.5 Å². The third kappa shape index (κ3) is 4.54. The average Bonchev–Trinajstić information content (AvgIpc) is 2.35. The maximum atomic E-state index is 13.2. The molecule has 1 fully saturated rings. The molecule has 0 bridgehead atoms. The Kier molecular flexibility index (Phi) is 7.60. The molecule has 0 aromatic heterocycles. The number of hydrogen-bond donors (Lipinski definition) is 3. The number of rotatable bonds is 2. The Balaban J connectivity index is 0.00000200. The van der Waals surface area contributed by atoms with Crippen LogP contribution in [0.15, 0.2) is 18.2 Å². The fourth-order valence-electron chi connectivity index (χ4n) is 2.29. The number of hydrogen-bond acceptors (Lipinski definition) is 4. The average molecular weight is 349 g/mol. The first-order valence-corrected chi connectivity index (χ1v) is 5.93. The van der Waals surface area contributed by atoms with Crippen LogP contribution in [0.3, 0.4) is 0 Å². The van der Waals surface area contributed by atoms with Crippen molar-refractivity contribution in [2.45, 2.75) is 12.2 Å².